The highest BCUT2D eigenvalue weighted by molar-refractivity contribution is 9.10. The van der Waals surface area contributed by atoms with Crippen LogP contribution in [0.15, 0.2) is 65.3 Å². The van der Waals surface area contributed by atoms with Crippen molar-refractivity contribution < 1.29 is 23.1 Å². The van der Waals surface area contributed by atoms with Crippen molar-refractivity contribution in [2.45, 2.75) is 6.18 Å². The molecule has 152 valence electrons. The number of carbonyl (C=O) groups excluding carboxylic acids is 1. The highest BCUT2D eigenvalue weighted by Crippen LogP contribution is 2.33. The van der Waals surface area contributed by atoms with Crippen LogP contribution in [-0.2, 0) is 6.18 Å². The van der Waals surface area contributed by atoms with Crippen molar-refractivity contribution in [1.29, 1.82) is 0 Å². The first kappa shape index (κ1) is 19.9. The molecule has 2 aromatic heterocycles. The Morgan fingerprint density at radius 1 is 1.10 bits per heavy atom. The summed E-state index contributed by atoms with van der Waals surface area (Å²) in [5.74, 6) is -0.957. The van der Waals surface area contributed by atoms with Crippen LogP contribution in [0.4, 0.5) is 18.9 Å². The summed E-state index contributed by atoms with van der Waals surface area (Å²) in [6, 6.07) is 13.6. The number of carbonyl (C=O) groups is 1. The number of anilines is 1. The lowest BCUT2D eigenvalue weighted by Gasteiger charge is -2.12. The van der Waals surface area contributed by atoms with E-state index in [4.69, 9.17) is 0 Å². The number of benzene rings is 2. The minimum Gasteiger partial charge on any atom is -0.506 e. The molecule has 0 spiro atoms. The summed E-state index contributed by atoms with van der Waals surface area (Å²) in [6.07, 6.45) is -3.70. The predicted molar refractivity (Wildman–Crippen MR) is 107 cm³/mol. The molecule has 4 rings (SSSR count). The second kappa shape index (κ2) is 7.45. The fraction of sp³-hybridized carbons (Fsp3) is 0.0500. The Morgan fingerprint density at radius 3 is 2.53 bits per heavy atom. The van der Waals surface area contributed by atoms with Crippen LogP contribution in [-0.4, -0.2) is 25.6 Å². The number of nitrogens with one attached hydrogen (secondary N) is 1. The van der Waals surface area contributed by atoms with E-state index in [1.807, 2.05) is 0 Å². The molecule has 0 atom stereocenters. The summed E-state index contributed by atoms with van der Waals surface area (Å²) in [4.78, 5) is 17.0. The number of hydrogen-bond donors (Lipinski definition) is 2. The second-order valence-electron chi connectivity index (χ2n) is 6.30. The second-order valence-corrected chi connectivity index (χ2v) is 7.22. The molecule has 4 aromatic rings. The van der Waals surface area contributed by atoms with Gasteiger partial charge in [0.05, 0.1) is 17.6 Å². The fourth-order valence-corrected chi connectivity index (χ4v) is 3.24. The molecular formula is C20H12BrF3N4O2. The number of halogens is 4. The van der Waals surface area contributed by atoms with Crippen molar-refractivity contribution in [3.8, 4) is 17.0 Å². The van der Waals surface area contributed by atoms with Gasteiger partial charge in [0.25, 0.3) is 5.91 Å². The van der Waals surface area contributed by atoms with Gasteiger partial charge in [0, 0.05) is 10.0 Å². The van der Waals surface area contributed by atoms with Crippen LogP contribution in [0.1, 0.15) is 16.1 Å². The molecule has 0 unspecified atom stereocenters. The number of aromatic hydroxyl groups is 1. The molecule has 30 heavy (non-hydrogen) atoms. The number of hydrogen-bond acceptors (Lipinski definition) is 4. The fourth-order valence-electron chi connectivity index (χ4n) is 2.88. The molecule has 0 aliphatic heterocycles. The van der Waals surface area contributed by atoms with Gasteiger partial charge in [0.1, 0.15) is 11.3 Å². The summed E-state index contributed by atoms with van der Waals surface area (Å²) < 4.78 is 42.1. The van der Waals surface area contributed by atoms with Gasteiger partial charge < -0.3 is 10.4 Å². The molecule has 2 aromatic carbocycles. The van der Waals surface area contributed by atoms with E-state index in [0.717, 1.165) is 12.3 Å². The molecule has 2 heterocycles. The van der Waals surface area contributed by atoms with Gasteiger partial charge in [-0.25, -0.2) is 9.50 Å². The number of phenolic OH excluding ortho intramolecular Hbond substituents is 1. The summed E-state index contributed by atoms with van der Waals surface area (Å²) in [5.41, 5.74) is -0.883. The number of amides is 1. The SMILES string of the molecule is O=C(Nc1cc(Br)ccc1O)c1cnn2c(C(F)(F)F)cc(-c3ccccc3)nc12. The topological polar surface area (TPSA) is 79.5 Å². The Balaban J connectivity index is 1.85. The van der Waals surface area contributed by atoms with Crippen molar-refractivity contribution in [2.24, 2.45) is 0 Å². The maximum absolute atomic E-state index is 13.6. The summed E-state index contributed by atoms with van der Waals surface area (Å²) in [6.45, 7) is 0. The summed E-state index contributed by atoms with van der Waals surface area (Å²) in [7, 11) is 0. The van der Waals surface area contributed by atoms with Crippen LogP contribution in [0, 0.1) is 0 Å². The van der Waals surface area contributed by atoms with Crippen molar-refractivity contribution in [3.63, 3.8) is 0 Å². The van der Waals surface area contributed by atoms with E-state index < -0.39 is 17.8 Å². The molecule has 0 bridgehead atoms. The third kappa shape index (κ3) is 3.73. The Labute approximate surface area is 176 Å². The molecular weight excluding hydrogens is 465 g/mol. The molecule has 1 amide bonds. The van der Waals surface area contributed by atoms with Gasteiger partial charge in [-0.2, -0.15) is 18.3 Å². The Hall–Kier alpha value is -3.40. The zero-order valence-corrected chi connectivity index (χ0v) is 16.6. The minimum absolute atomic E-state index is 0.0512. The van der Waals surface area contributed by atoms with Crippen molar-refractivity contribution in [3.05, 3.63) is 76.5 Å². The van der Waals surface area contributed by atoms with E-state index in [-0.39, 0.29) is 28.3 Å². The normalized spacial score (nSPS) is 11.6. The van der Waals surface area contributed by atoms with E-state index in [0.29, 0.717) is 14.6 Å². The lowest BCUT2D eigenvalue weighted by atomic mass is 10.1. The average Bonchev–Trinajstić information content (AvgIpc) is 3.14. The molecule has 0 aliphatic rings. The molecule has 0 saturated carbocycles. The van der Waals surface area contributed by atoms with Gasteiger partial charge >= 0.3 is 6.18 Å². The first-order valence-corrected chi connectivity index (χ1v) is 9.34. The van der Waals surface area contributed by atoms with Crippen molar-refractivity contribution in [2.75, 3.05) is 5.32 Å². The first-order valence-electron chi connectivity index (χ1n) is 8.55. The lowest BCUT2D eigenvalue weighted by molar-refractivity contribution is -0.142. The molecule has 0 saturated heterocycles. The number of nitrogens with zero attached hydrogens (tertiary/aromatic N) is 3. The Morgan fingerprint density at radius 2 is 1.83 bits per heavy atom. The van der Waals surface area contributed by atoms with Crippen LogP contribution in [0.5, 0.6) is 5.75 Å². The van der Waals surface area contributed by atoms with Gasteiger partial charge in [-0.05, 0) is 24.3 Å². The van der Waals surface area contributed by atoms with E-state index in [1.165, 1.54) is 12.1 Å². The molecule has 6 nitrogen and oxygen atoms in total. The van der Waals surface area contributed by atoms with Gasteiger partial charge in [-0.15, -0.1) is 0 Å². The molecule has 0 fully saturated rings. The number of aromatic nitrogens is 3. The predicted octanol–water partition coefficient (Wildman–Crippen LogP) is 5.14. The highest BCUT2D eigenvalue weighted by Gasteiger charge is 2.36. The van der Waals surface area contributed by atoms with E-state index in [1.54, 1.807) is 36.4 Å². The Bertz CT molecular complexity index is 1260. The first-order chi connectivity index (χ1) is 14.2. The third-order valence-corrected chi connectivity index (χ3v) is 4.78. The number of fused-ring (bicyclic) bond motifs is 1. The molecule has 2 N–H and O–H groups in total. The number of rotatable bonds is 3. The largest absolute Gasteiger partial charge is 0.506 e. The van der Waals surface area contributed by atoms with Crippen LogP contribution in [0.3, 0.4) is 0 Å². The van der Waals surface area contributed by atoms with Gasteiger partial charge in [0.15, 0.2) is 11.3 Å². The van der Waals surface area contributed by atoms with E-state index in [2.05, 4.69) is 31.3 Å². The Kier molecular flexibility index (Phi) is 4.94. The van der Waals surface area contributed by atoms with Crippen molar-refractivity contribution in [1.82, 2.24) is 14.6 Å². The smallest absolute Gasteiger partial charge is 0.433 e. The molecule has 10 heteroatoms. The molecule has 0 aliphatic carbocycles. The quantitative estimate of drug-likeness (QED) is 0.401. The van der Waals surface area contributed by atoms with E-state index >= 15 is 0 Å². The lowest BCUT2D eigenvalue weighted by Crippen LogP contribution is -2.16. The van der Waals surface area contributed by atoms with Crippen LogP contribution >= 0.6 is 15.9 Å². The van der Waals surface area contributed by atoms with E-state index in [9.17, 15) is 23.1 Å². The van der Waals surface area contributed by atoms with Gasteiger partial charge in [-0.1, -0.05) is 46.3 Å². The number of phenols is 1. The third-order valence-electron chi connectivity index (χ3n) is 4.28. The number of alkyl halides is 3. The standard InChI is InChI=1S/C20H12BrF3N4O2/c21-12-6-7-16(29)15(8-12)27-19(30)13-10-25-28-17(20(22,23)24)9-14(26-18(13)28)11-4-2-1-3-5-11/h1-10,29H,(H,27,30). The summed E-state index contributed by atoms with van der Waals surface area (Å²) >= 11 is 3.23. The monoisotopic (exact) mass is 476 g/mol. The maximum Gasteiger partial charge on any atom is 0.433 e. The van der Waals surface area contributed by atoms with Gasteiger partial charge in [-0.3, -0.25) is 4.79 Å². The average molecular weight is 477 g/mol. The molecule has 0 radical (unpaired) electrons. The van der Waals surface area contributed by atoms with Crippen molar-refractivity contribution >= 4 is 33.2 Å². The zero-order valence-electron chi connectivity index (χ0n) is 15.0. The van der Waals surface area contributed by atoms with Crippen LogP contribution < -0.4 is 5.32 Å². The van der Waals surface area contributed by atoms with Crippen LogP contribution in [0.25, 0.3) is 16.9 Å². The van der Waals surface area contributed by atoms with Crippen LogP contribution in [0.2, 0.25) is 0 Å². The van der Waals surface area contributed by atoms with Gasteiger partial charge in [0.2, 0.25) is 0 Å². The highest BCUT2D eigenvalue weighted by atomic mass is 79.9. The zero-order chi connectivity index (χ0) is 21.5. The minimum atomic E-state index is -4.72. The summed E-state index contributed by atoms with van der Waals surface area (Å²) in [5, 5.41) is 16.1. The maximum atomic E-state index is 13.6.